The Bertz CT molecular complexity index is 476. The molecular weight excluding hydrogens is 504 g/mol. The second-order valence-corrected chi connectivity index (χ2v) is 13.9. The summed E-state index contributed by atoms with van der Waals surface area (Å²) >= 11 is 0. The van der Waals surface area contributed by atoms with E-state index in [0.29, 0.717) is 0 Å². The first-order valence-electron chi connectivity index (χ1n) is 18.8. The highest BCUT2D eigenvalue weighted by Gasteiger charge is 2.13. The van der Waals surface area contributed by atoms with E-state index in [2.05, 4.69) is 13.8 Å². The fraction of sp³-hybridized carbons (Fsp3) is 1.00. The first-order valence-corrected chi connectivity index (χ1v) is 18.8. The van der Waals surface area contributed by atoms with Crippen LogP contribution in [0.5, 0.6) is 0 Å². The second kappa shape index (κ2) is 32.7. The lowest BCUT2D eigenvalue weighted by Crippen LogP contribution is -2.40. The molecule has 2 N–H and O–H groups in total. The zero-order chi connectivity index (χ0) is 30.9. The molecule has 0 aromatic carbocycles. The van der Waals surface area contributed by atoms with Gasteiger partial charge in [0.15, 0.2) is 0 Å². The summed E-state index contributed by atoms with van der Waals surface area (Å²) in [5, 5.41) is 19.4. The molecule has 0 amide bonds. The molecule has 41 heavy (non-hydrogen) atoms. The van der Waals surface area contributed by atoms with E-state index in [0.717, 1.165) is 26.1 Å². The quantitative estimate of drug-likeness (QED) is 0.0482. The molecule has 1 unspecified atom stereocenters. The van der Waals surface area contributed by atoms with Crippen molar-refractivity contribution in [3.63, 3.8) is 0 Å². The topological polar surface area (TPSA) is 40.5 Å². The number of hydrogen-bond donors (Lipinski definition) is 2. The molecule has 0 rings (SSSR count). The minimum Gasteiger partial charge on any atom is -0.217 e. The summed E-state index contributed by atoms with van der Waals surface area (Å²) in [5.74, 6) is 0. The van der Waals surface area contributed by atoms with Crippen molar-refractivity contribution in [2.45, 2.75) is 201 Å². The molecule has 4 heteroatoms. The highest BCUT2D eigenvalue weighted by molar-refractivity contribution is 4.50. The lowest BCUT2D eigenvalue weighted by Gasteiger charge is -2.23. The summed E-state index contributed by atoms with van der Waals surface area (Å²) in [6.45, 7) is 9.23. The van der Waals surface area contributed by atoms with Gasteiger partial charge < -0.3 is 0 Å². The molecule has 0 heterocycles. The summed E-state index contributed by atoms with van der Waals surface area (Å²) in [4.78, 5) is 0. The van der Waals surface area contributed by atoms with Gasteiger partial charge in [0.05, 0.1) is 21.1 Å². The van der Waals surface area contributed by atoms with Crippen LogP contribution in [0.15, 0.2) is 0 Å². The molecule has 0 aromatic heterocycles. The summed E-state index contributed by atoms with van der Waals surface area (Å²) in [6, 6.07) is 0. The van der Waals surface area contributed by atoms with Crippen LogP contribution in [0.1, 0.15) is 201 Å². The fourth-order valence-electron chi connectivity index (χ4n) is 5.50. The van der Waals surface area contributed by atoms with E-state index in [-0.39, 0.29) is 9.29 Å². The molecule has 0 aromatic rings. The number of quaternary nitrogens is 2. The fourth-order valence-corrected chi connectivity index (χ4v) is 5.50. The van der Waals surface area contributed by atoms with Gasteiger partial charge in [-0.1, -0.05) is 168 Å². The molecule has 0 aliphatic rings. The molecule has 4 nitrogen and oxygen atoms in total. The average Bonchev–Trinajstić information content (AvgIpc) is 2.93. The van der Waals surface area contributed by atoms with Crippen LogP contribution in [0.3, 0.4) is 0 Å². The van der Waals surface area contributed by atoms with E-state index in [1.54, 1.807) is 0 Å². The molecule has 0 saturated carbocycles. The van der Waals surface area contributed by atoms with Crippen LogP contribution < -0.4 is 0 Å². The lowest BCUT2D eigenvalue weighted by atomic mass is 10.0. The highest BCUT2D eigenvalue weighted by Crippen LogP contribution is 2.15. The standard InChI is InChI=1S/C21H46NO.C16H36NO/c1-4-6-7-8-9-10-11-12-13-14-15-16-17-18-19-20-21-22(3,23)5-2;1-4-5-6-7-8-9-10-11-12-13-14-15-16-17(2,3)18/h23H,4-21H2,1-3H3;18H,4-16H2,1-3H3/q2*+1. The zero-order valence-corrected chi connectivity index (χ0v) is 29.7. The third-order valence-corrected chi connectivity index (χ3v) is 8.73. The van der Waals surface area contributed by atoms with E-state index in [1.807, 2.05) is 28.1 Å². The van der Waals surface area contributed by atoms with E-state index < -0.39 is 0 Å². The number of hydroxylamine groups is 6. The predicted octanol–water partition coefficient (Wildman–Crippen LogP) is 12.3. The lowest BCUT2D eigenvalue weighted by molar-refractivity contribution is -1.09. The Hall–Kier alpha value is -0.160. The minimum atomic E-state index is 0.123. The molecule has 0 aliphatic heterocycles. The van der Waals surface area contributed by atoms with Gasteiger partial charge in [-0.05, 0) is 32.6 Å². The van der Waals surface area contributed by atoms with Crippen molar-refractivity contribution in [2.24, 2.45) is 0 Å². The Morgan fingerprint density at radius 3 is 0.756 bits per heavy atom. The molecule has 0 aliphatic carbocycles. The van der Waals surface area contributed by atoms with Gasteiger partial charge in [0.2, 0.25) is 0 Å². The Kier molecular flexibility index (Phi) is 34.3. The Morgan fingerprint density at radius 2 is 0.537 bits per heavy atom. The third-order valence-electron chi connectivity index (χ3n) is 8.73. The highest BCUT2D eigenvalue weighted by atomic mass is 16.5. The molecule has 1 atom stereocenters. The van der Waals surface area contributed by atoms with E-state index in [1.165, 1.54) is 173 Å². The van der Waals surface area contributed by atoms with Gasteiger partial charge in [-0.15, -0.1) is 0 Å². The van der Waals surface area contributed by atoms with Gasteiger partial charge in [-0.3, -0.25) is 0 Å². The molecule has 0 saturated heterocycles. The molecule has 250 valence electrons. The number of hydrogen-bond acceptors (Lipinski definition) is 2. The van der Waals surface area contributed by atoms with Crippen molar-refractivity contribution >= 4 is 0 Å². The van der Waals surface area contributed by atoms with Gasteiger partial charge in [-0.25, -0.2) is 10.4 Å². The van der Waals surface area contributed by atoms with Gasteiger partial charge in [-0.2, -0.15) is 9.29 Å². The van der Waals surface area contributed by atoms with Crippen molar-refractivity contribution in [3.05, 3.63) is 0 Å². The smallest absolute Gasteiger partial charge is 0.108 e. The predicted molar refractivity (Wildman–Crippen MR) is 183 cm³/mol. The maximum atomic E-state index is 9.88. The molecule has 0 fully saturated rings. The Balaban J connectivity index is 0. The molecular formula is C37H82N2O2+2. The number of rotatable bonds is 31. The molecule has 0 spiro atoms. The van der Waals surface area contributed by atoms with Crippen LogP contribution in [-0.2, 0) is 0 Å². The first kappa shape index (κ1) is 43.0. The van der Waals surface area contributed by atoms with Crippen LogP contribution in [0.4, 0.5) is 0 Å². The average molecular weight is 587 g/mol. The van der Waals surface area contributed by atoms with Crippen LogP contribution in [-0.4, -0.2) is 60.5 Å². The van der Waals surface area contributed by atoms with Crippen LogP contribution in [0.25, 0.3) is 0 Å². The zero-order valence-electron chi connectivity index (χ0n) is 29.7. The second-order valence-electron chi connectivity index (χ2n) is 13.9. The van der Waals surface area contributed by atoms with Gasteiger partial charge in [0.1, 0.15) is 19.6 Å². The Morgan fingerprint density at radius 1 is 0.317 bits per heavy atom. The van der Waals surface area contributed by atoms with Gasteiger partial charge in [0.25, 0.3) is 0 Å². The van der Waals surface area contributed by atoms with Crippen molar-refractivity contribution in [3.8, 4) is 0 Å². The number of unbranched alkanes of at least 4 members (excludes halogenated alkanes) is 26. The van der Waals surface area contributed by atoms with Gasteiger partial charge in [0, 0.05) is 0 Å². The summed E-state index contributed by atoms with van der Waals surface area (Å²) in [7, 11) is 5.60. The minimum absolute atomic E-state index is 0.123. The number of nitrogens with zero attached hydrogens (tertiary/aromatic N) is 2. The summed E-state index contributed by atoms with van der Waals surface area (Å²) < 4.78 is 0.316. The van der Waals surface area contributed by atoms with E-state index in [4.69, 9.17) is 0 Å². The molecule has 0 radical (unpaired) electrons. The SMILES string of the molecule is CCCCCCCCCCCCCCCCCC[N+](C)(O)CC.CCCCCCCCCCCCCC[N+](C)(C)O. The van der Waals surface area contributed by atoms with Crippen molar-refractivity contribution < 1.29 is 19.7 Å². The van der Waals surface area contributed by atoms with E-state index >= 15 is 0 Å². The largest absolute Gasteiger partial charge is 0.217 e. The van der Waals surface area contributed by atoms with Crippen molar-refractivity contribution in [2.75, 3.05) is 40.8 Å². The molecule has 0 bridgehead atoms. The summed E-state index contributed by atoms with van der Waals surface area (Å²) in [6.07, 6.45) is 39.0. The van der Waals surface area contributed by atoms with Crippen LogP contribution in [0, 0.1) is 0 Å². The first-order chi connectivity index (χ1) is 19.7. The van der Waals surface area contributed by atoms with Crippen molar-refractivity contribution in [1.82, 2.24) is 0 Å². The van der Waals surface area contributed by atoms with E-state index in [9.17, 15) is 10.4 Å². The third kappa shape index (κ3) is 42.0. The monoisotopic (exact) mass is 587 g/mol. The van der Waals surface area contributed by atoms with Gasteiger partial charge >= 0.3 is 0 Å². The van der Waals surface area contributed by atoms with Crippen LogP contribution >= 0.6 is 0 Å². The maximum Gasteiger partial charge on any atom is 0.108 e. The Labute approximate surface area is 260 Å². The van der Waals surface area contributed by atoms with Crippen molar-refractivity contribution in [1.29, 1.82) is 0 Å². The normalized spacial score (nSPS) is 13.2. The summed E-state index contributed by atoms with van der Waals surface area (Å²) in [5.41, 5.74) is 0. The maximum absolute atomic E-state index is 9.88. The van der Waals surface area contributed by atoms with Crippen LogP contribution in [0.2, 0.25) is 0 Å².